The van der Waals surface area contributed by atoms with E-state index in [9.17, 15) is 8.78 Å². The number of halogens is 3. The molecule has 7 heteroatoms. The Morgan fingerprint density at radius 3 is 2.62 bits per heavy atom. The molecule has 2 rings (SSSR count). The maximum atomic E-state index is 13.9. The smallest absolute Gasteiger partial charge is 0.170 e. The normalized spacial score (nSPS) is 11.5. The van der Waals surface area contributed by atoms with E-state index in [1.807, 2.05) is 0 Å². The van der Waals surface area contributed by atoms with Crippen molar-refractivity contribution >= 4 is 23.1 Å². The van der Waals surface area contributed by atoms with Crippen LogP contribution in [0.4, 0.5) is 14.5 Å². The predicted octanol–water partition coefficient (Wildman–Crippen LogP) is 3.32. The minimum atomic E-state index is -0.547. The molecule has 0 aliphatic heterocycles. The van der Waals surface area contributed by atoms with Gasteiger partial charge in [-0.2, -0.15) is 0 Å². The van der Waals surface area contributed by atoms with E-state index in [4.69, 9.17) is 22.5 Å². The third-order valence-electron chi connectivity index (χ3n) is 2.85. The third-order valence-corrected chi connectivity index (χ3v) is 3.09. The van der Waals surface area contributed by atoms with Crippen molar-refractivity contribution < 1.29 is 14.0 Å². The average molecular weight is 312 g/mol. The molecule has 0 saturated carbocycles. The third kappa shape index (κ3) is 3.61. The van der Waals surface area contributed by atoms with Gasteiger partial charge in [0.15, 0.2) is 5.84 Å². The molecule has 0 aromatic heterocycles. The summed E-state index contributed by atoms with van der Waals surface area (Å²) in [5.74, 6) is -1.21. The molecule has 2 aromatic rings. The van der Waals surface area contributed by atoms with Gasteiger partial charge in [0.2, 0.25) is 0 Å². The summed E-state index contributed by atoms with van der Waals surface area (Å²) in [4.78, 5) is 0. The van der Waals surface area contributed by atoms with Crippen LogP contribution in [0.3, 0.4) is 0 Å². The second-order valence-corrected chi connectivity index (χ2v) is 4.71. The minimum Gasteiger partial charge on any atom is -0.409 e. The standard InChI is InChI=1S/C14H12ClF2N3O/c15-10-3-4-11(16)13(6-10)19-7-9-2-1-8(5-12(9)17)14(18)20-21/h1-6,19,21H,7H2,(H2,18,20). The summed E-state index contributed by atoms with van der Waals surface area (Å²) in [6.45, 7) is 0.0690. The summed E-state index contributed by atoms with van der Waals surface area (Å²) in [5, 5.41) is 14.5. The molecule has 0 fully saturated rings. The number of anilines is 1. The molecule has 0 aliphatic rings. The Balaban J connectivity index is 2.15. The molecular formula is C14H12ClF2N3O. The van der Waals surface area contributed by atoms with Gasteiger partial charge in [0.1, 0.15) is 11.6 Å². The second-order valence-electron chi connectivity index (χ2n) is 4.27. The van der Waals surface area contributed by atoms with Crippen molar-refractivity contribution in [2.24, 2.45) is 10.9 Å². The van der Waals surface area contributed by atoms with Crippen LogP contribution < -0.4 is 11.1 Å². The van der Waals surface area contributed by atoms with Gasteiger partial charge in [0.05, 0.1) is 5.69 Å². The Labute approximate surface area is 124 Å². The molecule has 0 bridgehead atoms. The van der Waals surface area contributed by atoms with Gasteiger partial charge in [-0.05, 0) is 24.3 Å². The minimum absolute atomic E-state index is 0.0690. The first-order valence-corrected chi connectivity index (χ1v) is 6.34. The highest BCUT2D eigenvalue weighted by Gasteiger charge is 2.08. The molecule has 0 radical (unpaired) electrons. The van der Waals surface area contributed by atoms with Crippen LogP contribution >= 0.6 is 11.6 Å². The molecule has 0 heterocycles. The Hall–Kier alpha value is -2.34. The lowest BCUT2D eigenvalue weighted by molar-refractivity contribution is 0.318. The fraction of sp³-hybridized carbons (Fsp3) is 0.0714. The Kier molecular flexibility index (Phi) is 4.59. The van der Waals surface area contributed by atoms with Gasteiger partial charge in [-0.15, -0.1) is 0 Å². The number of nitrogens with zero attached hydrogens (tertiary/aromatic N) is 1. The van der Waals surface area contributed by atoms with Crippen LogP contribution in [0.15, 0.2) is 41.6 Å². The van der Waals surface area contributed by atoms with E-state index in [1.165, 1.54) is 30.3 Å². The highest BCUT2D eigenvalue weighted by atomic mass is 35.5. The zero-order valence-corrected chi connectivity index (χ0v) is 11.5. The van der Waals surface area contributed by atoms with E-state index in [0.717, 1.165) is 6.07 Å². The lowest BCUT2D eigenvalue weighted by Gasteiger charge is -2.10. The fourth-order valence-electron chi connectivity index (χ4n) is 1.73. The zero-order valence-electron chi connectivity index (χ0n) is 10.8. The molecule has 21 heavy (non-hydrogen) atoms. The summed E-state index contributed by atoms with van der Waals surface area (Å²) >= 11 is 5.77. The molecular weight excluding hydrogens is 300 g/mol. The topological polar surface area (TPSA) is 70.6 Å². The molecule has 4 N–H and O–H groups in total. The van der Waals surface area contributed by atoms with Crippen LogP contribution in [0.5, 0.6) is 0 Å². The van der Waals surface area contributed by atoms with E-state index in [1.54, 1.807) is 0 Å². The van der Waals surface area contributed by atoms with Gasteiger partial charge in [-0.3, -0.25) is 0 Å². The molecule has 110 valence electrons. The van der Waals surface area contributed by atoms with Crippen molar-refractivity contribution in [2.45, 2.75) is 6.54 Å². The fourth-order valence-corrected chi connectivity index (χ4v) is 1.90. The van der Waals surface area contributed by atoms with Crippen LogP contribution in [0.2, 0.25) is 5.02 Å². The molecule has 4 nitrogen and oxygen atoms in total. The summed E-state index contributed by atoms with van der Waals surface area (Å²) in [6.07, 6.45) is 0. The van der Waals surface area contributed by atoms with E-state index in [0.29, 0.717) is 10.6 Å². The van der Waals surface area contributed by atoms with Crippen LogP contribution in [0.25, 0.3) is 0 Å². The first-order valence-electron chi connectivity index (χ1n) is 5.96. The highest BCUT2D eigenvalue weighted by Crippen LogP contribution is 2.21. The number of nitrogens with one attached hydrogen (secondary N) is 1. The highest BCUT2D eigenvalue weighted by molar-refractivity contribution is 6.30. The van der Waals surface area contributed by atoms with Crippen LogP contribution in [0.1, 0.15) is 11.1 Å². The Bertz CT molecular complexity index is 692. The number of hydrogen-bond acceptors (Lipinski definition) is 3. The summed E-state index contributed by atoms with van der Waals surface area (Å²) in [5.41, 5.74) is 6.12. The molecule has 0 atom stereocenters. The summed E-state index contributed by atoms with van der Waals surface area (Å²) in [7, 11) is 0. The second kappa shape index (κ2) is 6.41. The molecule has 0 aliphatic carbocycles. The van der Waals surface area contributed by atoms with E-state index < -0.39 is 11.6 Å². The van der Waals surface area contributed by atoms with Crippen LogP contribution in [-0.2, 0) is 6.54 Å². The number of nitrogens with two attached hydrogens (primary N) is 1. The van der Waals surface area contributed by atoms with Gasteiger partial charge >= 0.3 is 0 Å². The van der Waals surface area contributed by atoms with Crippen LogP contribution in [-0.4, -0.2) is 11.0 Å². The number of hydrogen-bond donors (Lipinski definition) is 3. The number of rotatable bonds is 4. The van der Waals surface area contributed by atoms with Crippen molar-refractivity contribution in [1.29, 1.82) is 0 Å². The van der Waals surface area contributed by atoms with Crippen molar-refractivity contribution in [2.75, 3.05) is 5.32 Å². The number of oxime groups is 1. The van der Waals surface area contributed by atoms with Gasteiger partial charge in [0.25, 0.3) is 0 Å². The maximum Gasteiger partial charge on any atom is 0.170 e. The molecule has 0 unspecified atom stereocenters. The van der Waals surface area contributed by atoms with E-state index in [2.05, 4.69) is 10.5 Å². The van der Waals surface area contributed by atoms with Crippen molar-refractivity contribution in [3.8, 4) is 0 Å². The molecule has 2 aromatic carbocycles. The monoisotopic (exact) mass is 311 g/mol. The molecule has 0 spiro atoms. The predicted molar refractivity (Wildman–Crippen MR) is 77.6 cm³/mol. The van der Waals surface area contributed by atoms with Crippen molar-refractivity contribution in [3.63, 3.8) is 0 Å². The lowest BCUT2D eigenvalue weighted by Crippen LogP contribution is -2.14. The van der Waals surface area contributed by atoms with Gasteiger partial charge in [-0.1, -0.05) is 28.9 Å². The summed E-state index contributed by atoms with van der Waals surface area (Å²) < 4.78 is 27.4. The van der Waals surface area contributed by atoms with Gasteiger partial charge in [0, 0.05) is 22.7 Å². The lowest BCUT2D eigenvalue weighted by atomic mass is 10.1. The summed E-state index contributed by atoms with van der Waals surface area (Å²) in [6, 6.07) is 8.18. The van der Waals surface area contributed by atoms with Gasteiger partial charge in [-0.25, -0.2) is 8.78 Å². The number of amidine groups is 1. The van der Waals surface area contributed by atoms with E-state index >= 15 is 0 Å². The van der Waals surface area contributed by atoms with Gasteiger partial charge < -0.3 is 16.3 Å². The Morgan fingerprint density at radius 1 is 1.19 bits per heavy atom. The largest absolute Gasteiger partial charge is 0.409 e. The maximum absolute atomic E-state index is 13.9. The van der Waals surface area contributed by atoms with Crippen LogP contribution in [0, 0.1) is 11.6 Å². The Morgan fingerprint density at radius 2 is 1.95 bits per heavy atom. The molecule has 0 saturated heterocycles. The average Bonchev–Trinajstić information content (AvgIpc) is 2.48. The first-order chi connectivity index (χ1) is 10.0. The quantitative estimate of drug-likeness (QED) is 0.351. The SMILES string of the molecule is NC(=NO)c1ccc(CNc2cc(Cl)ccc2F)c(F)c1. The van der Waals surface area contributed by atoms with Crippen molar-refractivity contribution in [3.05, 3.63) is 64.2 Å². The van der Waals surface area contributed by atoms with E-state index in [-0.39, 0.29) is 23.6 Å². The first kappa shape index (κ1) is 15.1. The number of benzene rings is 2. The van der Waals surface area contributed by atoms with Crippen molar-refractivity contribution in [1.82, 2.24) is 0 Å². The zero-order chi connectivity index (χ0) is 15.4. The molecule has 0 amide bonds.